The van der Waals surface area contributed by atoms with Crippen LogP contribution in [0.1, 0.15) is 21.5 Å². The molecular formula is C24H29FN4O. The van der Waals surface area contributed by atoms with Gasteiger partial charge in [0, 0.05) is 44.7 Å². The number of pyridine rings is 1. The zero-order valence-electron chi connectivity index (χ0n) is 18.3. The minimum Gasteiger partial charge on any atom is -0.362 e. The molecule has 3 rings (SSSR count). The molecule has 0 saturated carbocycles. The van der Waals surface area contributed by atoms with Crippen LogP contribution in [0.3, 0.4) is 0 Å². The number of halogens is 1. The van der Waals surface area contributed by atoms with Crippen molar-refractivity contribution in [1.29, 1.82) is 0 Å². The molecule has 0 bridgehead atoms. The van der Waals surface area contributed by atoms with Gasteiger partial charge in [0.1, 0.15) is 11.6 Å². The quantitative estimate of drug-likeness (QED) is 0.593. The predicted molar refractivity (Wildman–Crippen MR) is 121 cm³/mol. The molecule has 3 aromatic rings. The maximum Gasteiger partial charge on any atom is 0.257 e. The minimum atomic E-state index is -0.502. The zero-order valence-corrected chi connectivity index (χ0v) is 18.3. The fourth-order valence-electron chi connectivity index (χ4n) is 3.47. The lowest BCUT2D eigenvalue weighted by atomic mass is 10.1. The number of hydrogen-bond donors (Lipinski definition) is 0. The van der Waals surface area contributed by atoms with Crippen LogP contribution in [0.4, 0.5) is 10.2 Å². The number of para-hydroxylation sites is 1. The Hall–Kier alpha value is -2.99. The van der Waals surface area contributed by atoms with Gasteiger partial charge in [0.25, 0.3) is 5.91 Å². The molecule has 1 aromatic heterocycles. The van der Waals surface area contributed by atoms with Gasteiger partial charge in [-0.2, -0.15) is 0 Å². The molecule has 0 fully saturated rings. The summed E-state index contributed by atoms with van der Waals surface area (Å²) in [7, 11) is 7.80. The third-order valence-corrected chi connectivity index (χ3v) is 5.10. The van der Waals surface area contributed by atoms with E-state index < -0.39 is 5.82 Å². The molecule has 1 heterocycles. The molecule has 0 unspecified atom stereocenters. The van der Waals surface area contributed by atoms with Gasteiger partial charge in [-0.05, 0) is 44.8 Å². The monoisotopic (exact) mass is 408 g/mol. The SMILES string of the molecule is Cc1cccc2cc(CN(CCN(C)C)C(=O)c3ccccc3F)c(N(C)C)nc12. The largest absolute Gasteiger partial charge is 0.362 e. The van der Waals surface area contributed by atoms with Gasteiger partial charge in [-0.1, -0.05) is 30.3 Å². The molecule has 1 amide bonds. The Labute approximate surface area is 177 Å². The van der Waals surface area contributed by atoms with Crippen LogP contribution in [0.5, 0.6) is 0 Å². The second-order valence-corrected chi connectivity index (χ2v) is 8.02. The third kappa shape index (κ3) is 4.76. The van der Waals surface area contributed by atoms with Crippen molar-refractivity contribution in [2.45, 2.75) is 13.5 Å². The second kappa shape index (κ2) is 9.22. The number of fused-ring (bicyclic) bond motifs is 1. The van der Waals surface area contributed by atoms with E-state index in [-0.39, 0.29) is 11.5 Å². The lowest BCUT2D eigenvalue weighted by Gasteiger charge is -2.27. The molecule has 0 atom stereocenters. The summed E-state index contributed by atoms with van der Waals surface area (Å²) in [6.45, 7) is 3.56. The summed E-state index contributed by atoms with van der Waals surface area (Å²) < 4.78 is 14.3. The van der Waals surface area contributed by atoms with Gasteiger partial charge >= 0.3 is 0 Å². The van der Waals surface area contributed by atoms with E-state index in [1.54, 1.807) is 17.0 Å². The number of benzene rings is 2. The lowest BCUT2D eigenvalue weighted by Crippen LogP contribution is -2.37. The fourth-order valence-corrected chi connectivity index (χ4v) is 3.47. The number of aromatic nitrogens is 1. The van der Waals surface area contributed by atoms with Crippen LogP contribution in [0.25, 0.3) is 10.9 Å². The Kier molecular flexibility index (Phi) is 6.67. The molecular weight excluding hydrogens is 379 g/mol. The Morgan fingerprint density at radius 2 is 1.73 bits per heavy atom. The molecule has 158 valence electrons. The number of anilines is 1. The molecule has 0 spiro atoms. The van der Waals surface area contributed by atoms with Crippen LogP contribution in [-0.2, 0) is 6.54 Å². The van der Waals surface area contributed by atoms with Crippen molar-refractivity contribution < 1.29 is 9.18 Å². The van der Waals surface area contributed by atoms with Crippen molar-refractivity contribution in [2.24, 2.45) is 0 Å². The predicted octanol–water partition coefficient (Wildman–Crippen LogP) is 3.95. The number of amides is 1. The Morgan fingerprint density at radius 3 is 2.40 bits per heavy atom. The number of nitrogens with zero attached hydrogens (tertiary/aromatic N) is 4. The lowest BCUT2D eigenvalue weighted by molar-refractivity contribution is 0.0727. The average Bonchev–Trinajstić information content (AvgIpc) is 2.70. The molecule has 30 heavy (non-hydrogen) atoms. The first-order chi connectivity index (χ1) is 14.3. The highest BCUT2D eigenvalue weighted by atomic mass is 19.1. The first-order valence-electron chi connectivity index (χ1n) is 10.0. The number of likely N-dealkylation sites (N-methyl/N-ethyl adjacent to an activating group) is 1. The summed E-state index contributed by atoms with van der Waals surface area (Å²) in [5.74, 6) is -0.00516. The smallest absolute Gasteiger partial charge is 0.257 e. The number of aryl methyl sites for hydroxylation is 1. The van der Waals surface area contributed by atoms with Crippen molar-refractivity contribution in [1.82, 2.24) is 14.8 Å². The van der Waals surface area contributed by atoms with Gasteiger partial charge in [-0.15, -0.1) is 0 Å². The summed E-state index contributed by atoms with van der Waals surface area (Å²) in [5, 5.41) is 1.03. The second-order valence-electron chi connectivity index (χ2n) is 8.02. The molecule has 0 aliphatic carbocycles. The van der Waals surface area contributed by atoms with Gasteiger partial charge in [0.05, 0.1) is 11.1 Å². The van der Waals surface area contributed by atoms with Crippen LogP contribution < -0.4 is 4.90 Å². The molecule has 2 aromatic carbocycles. The standard InChI is InChI=1S/C24H29FN4O/c1-17-9-8-10-18-15-19(23(28(4)5)26-22(17)18)16-29(14-13-27(2)3)24(30)20-11-6-7-12-21(20)25/h6-12,15H,13-14,16H2,1-5H3. The van der Waals surface area contributed by atoms with E-state index in [0.29, 0.717) is 19.6 Å². The normalized spacial score (nSPS) is 11.2. The van der Waals surface area contributed by atoms with Crippen LogP contribution >= 0.6 is 0 Å². The van der Waals surface area contributed by atoms with E-state index in [0.717, 1.165) is 27.8 Å². The fraction of sp³-hybridized carbons (Fsp3) is 0.333. The van der Waals surface area contributed by atoms with Crippen molar-refractivity contribution in [2.75, 3.05) is 46.2 Å². The van der Waals surface area contributed by atoms with E-state index in [4.69, 9.17) is 4.98 Å². The molecule has 0 N–H and O–H groups in total. The van der Waals surface area contributed by atoms with E-state index in [1.807, 2.05) is 63.1 Å². The van der Waals surface area contributed by atoms with E-state index in [2.05, 4.69) is 6.07 Å². The van der Waals surface area contributed by atoms with Crippen molar-refractivity contribution in [3.05, 3.63) is 71.0 Å². The summed E-state index contributed by atoms with van der Waals surface area (Å²) in [5.41, 5.74) is 3.08. The van der Waals surface area contributed by atoms with Crippen molar-refractivity contribution in [3.8, 4) is 0 Å². The van der Waals surface area contributed by atoms with Gasteiger partial charge in [-0.25, -0.2) is 9.37 Å². The Bertz CT molecular complexity index is 1050. The van der Waals surface area contributed by atoms with Crippen molar-refractivity contribution in [3.63, 3.8) is 0 Å². The minimum absolute atomic E-state index is 0.0900. The first-order valence-corrected chi connectivity index (χ1v) is 10.0. The zero-order chi connectivity index (χ0) is 21.8. The Morgan fingerprint density at radius 1 is 1.00 bits per heavy atom. The summed E-state index contributed by atoms with van der Waals surface area (Å²) in [6.07, 6.45) is 0. The van der Waals surface area contributed by atoms with E-state index in [9.17, 15) is 9.18 Å². The van der Waals surface area contributed by atoms with Crippen LogP contribution in [0, 0.1) is 12.7 Å². The highest BCUT2D eigenvalue weighted by Gasteiger charge is 2.22. The van der Waals surface area contributed by atoms with Crippen LogP contribution in [0.15, 0.2) is 48.5 Å². The summed E-state index contributed by atoms with van der Waals surface area (Å²) >= 11 is 0. The van der Waals surface area contributed by atoms with Crippen LogP contribution in [-0.4, -0.2) is 62.0 Å². The Balaban J connectivity index is 2.03. The van der Waals surface area contributed by atoms with E-state index in [1.165, 1.54) is 12.1 Å². The summed E-state index contributed by atoms with van der Waals surface area (Å²) in [6, 6.07) is 14.3. The van der Waals surface area contributed by atoms with Gasteiger partial charge in [-0.3, -0.25) is 4.79 Å². The number of carbonyl (C=O) groups excluding carboxylic acids is 1. The topological polar surface area (TPSA) is 39.7 Å². The third-order valence-electron chi connectivity index (χ3n) is 5.10. The number of carbonyl (C=O) groups is 1. The molecule has 0 radical (unpaired) electrons. The maximum absolute atomic E-state index is 14.3. The van der Waals surface area contributed by atoms with Gasteiger partial charge < -0.3 is 14.7 Å². The maximum atomic E-state index is 14.3. The highest BCUT2D eigenvalue weighted by Crippen LogP contribution is 2.26. The van der Waals surface area contributed by atoms with Gasteiger partial charge in [0.15, 0.2) is 0 Å². The molecule has 0 aliphatic heterocycles. The highest BCUT2D eigenvalue weighted by molar-refractivity contribution is 5.94. The average molecular weight is 409 g/mol. The van der Waals surface area contributed by atoms with Crippen molar-refractivity contribution >= 4 is 22.6 Å². The molecule has 6 heteroatoms. The number of rotatable bonds is 7. The molecule has 0 aliphatic rings. The first kappa shape index (κ1) is 21.7. The molecule has 5 nitrogen and oxygen atoms in total. The summed E-state index contributed by atoms with van der Waals surface area (Å²) in [4.78, 5) is 23.8. The molecule has 0 saturated heterocycles. The van der Waals surface area contributed by atoms with Gasteiger partial charge in [0.2, 0.25) is 0 Å². The van der Waals surface area contributed by atoms with E-state index >= 15 is 0 Å². The number of hydrogen-bond acceptors (Lipinski definition) is 4. The van der Waals surface area contributed by atoms with Crippen LogP contribution in [0.2, 0.25) is 0 Å².